The van der Waals surface area contributed by atoms with E-state index in [4.69, 9.17) is 4.42 Å². The molecule has 2 aromatic heterocycles. The lowest BCUT2D eigenvalue weighted by Gasteiger charge is -2.36. The fraction of sp³-hybridized carbons (Fsp3) is 0.450. The molecule has 9 heteroatoms. The summed E-state index contributed by atoms with van der Waals surface area (Å²) in [6, 6.07) is 8.16. The van der Waals surface area contributed by atoms with Gasteiger partial charge in [0.25, 0.3) is 0 Å². The molecule has 1 aromatic carbocycles. The van der Waals surface area contributed by atoms with Crippen LogP contribution in [0.5, 0.6) is 0 Å². The Morgan fingerprint density at radius 1 is 1.24 bits per heavy atom. The van der Waals surface area contributed by atoms with Gasteiger partial charge < -0.3 is 19.5 Å². The quantitative estimate of drug-likeness (QED) is 0.318. The summed E-state index contributed by atoms with van der Waals surface area (Å²) >= 11 is 1.50. The van der Waals surface area contributed by atoms with E-state index in [1.165, 1.54) is 22.5 Å². The summed E-state index contributed by atoms with van der Waals surface area (Å²) in [6.45, 7) is 8.47. The number of nitrogens with one attached hydrogen (secondary N) is 1. The van der Waals surface area contributed by atoms with Gasteiger partial charge in [0.15, 0.2) is 5.96 Å². The minimum atomic E-state index is 0. The van der Waals surface area contributed by atoms with Crippen LogP contribution >= 0.6 is 35.5 Å². The van der Waals surface area contributed by atoms with Crippen LogP contribution in [-0.4, -0.2) is 53.4 Å². The molecule has 1 aliphatic heterocycles. The number of nitrogens with zero attached hydrogens (tertiary/aromatic N) is 5. The SMILES string of the molecule is CCc1nsc(N2CCN(C(=NC)NCc3oc4ccccc4c3C)CC2)n1.I. The van der Waals surface area contributed by atoms with Gasteiger partial charge in [-0.3, -0.25) is 4.99 Å². The number of halogens is 1. The first kappa shape index (κ1) is 21.8. The van der Waals surface area contributed by atoms with E-state index in [9.17, 15) is 0 Å². The number of aryl methyl sites for hydroxylation is 2. The van der Waals surface area contributed by atoms with Gasteiger partial charge >= 0.3 is 0 Å². The maximum absolute atomic E-state index is 6.01. The molecule has 3 heterocycles. The minimum Gasteiger partial charge on any atom is -0.459 e. The van der Waals surface area contributed by atoms with Crippen LogP contribution in [-0.2, 0) is 13.0 Å². The first-order valence-corrected chi connectivity index (χ1v) is 10.5. The lowest BCUT2D eigenvalue weighted by Crippen LogP contribution is -2.52. The third kappa shape index (κ3) is 4.66. The van der Waals surface area contributed by atoms with E-state index >= 15 is 0 Å². The van der Waals surface area contributed by atoms with Crippen LogP contribution in [0.25, 0.3) is 11.0 Å². The van der Waals surface area contributed by atoms with Gasteiger partial charge in [-0.25, -0.2) is 4.98 Å². The molecular weight excluding hydrogens is 499 g/mol. The first-order valence-electron chi connectivity index (χ1n) is 9.69. The lowest BCUT2D eigenvalue weighted by atomic mass is 10.1. The zero-order valence-corrected chi connectivity index (χ0v) is 20.2. The predicted molar refractivity (Wildman–Crippen MR) is 130 cm³/mol. The molecule has 156 valence electrons. The molecule has 0 amide bonds. The normalized spacial score (nSPS) is 14.9. The van der Waals surface area contributed by atoms with Gasteiger partial charge in [-0.05, 0) is 13.0 Å². The van der Waals surface area contributed by atoms with Crippen molar-refractivity contribution >= 4 is 57.6 Å². The number of fused-ring (bicyclic) bond motifs is 1. The highest BCUT2D eigenvalue weighted by atomic mass is 127. The highest BCUT2D eigenvalue weighted by Gasteiger charge is 2.22. The molecule has 0 spiro atoms. The molecule has 1 fully saturated rings. The van der Waals surface area contributed by atoms with E-state index in [1.807, 2.05) is 25.2 Å². The molecule has 0 radical (unpaired) electrons. The van der Waals surface area contributed by atoms with Crippen LogP contribution in [0.3, 0.4) is 0 Å². The Labute approximate surface area is 192 Å². The maximum Gasteiger partial charge on any atom is 0.205 e. The number of guanidine groups is 1. The van der Waals surface area contributed by atoms with Crippen molar-refractivity contribution in [1.82, 2.24) is 19.6 Å². The fourth-order valence-corrected chi connectivity index (χ4v) is 4.31. The fourth-order valence-electron chi connectivity index (χ4n) is 3.51. The van der Waals surface area contributed by atoms with Crippen molar-refractivity contribution in [3.63, 3.8) is 0 Å². The molecule has 1 N–H and O–H groups in total. The topological polar surface area (TPSA) is 69.8 Å². The number of aliphatic imine (C=N–C) groups is 1. The molecule has 0 aliphatic carbocycles. The highest BCUT2D eigenvalue weighted by molar-refractivity contribution is 14.0. The molecule has 0 unspecified atom stereocenters. The van der Waals surface area contributed by atoms with Crippen LogP contribution in [0.2, 0.25) is 0 Å². The van der Waals surface area contributed by atoms with Gasteiger partial charge in [-0.15, -0.1) is 24.0 Å². The van der Waals surface area contributed by atoms with Crippen molar-refractivity contribution in [3.8, 4) is 0 Å². The molecule has 1 aliphatic rings. The summed E-state index contributed by atoms with van der Waals surface area (Å²) in [5.41, 5.74) is 2.12. The summed E-state index contributed by atoms with van der Waals surface area (Å²) in [6.07, 6.45) is 0.883. The number of piperazine rings is 1. The Bertz CT molecular complexity index is 976. The molecule has 1 saturated heterocycles. The van der Waals surface area contributed by atoms with E-state index < -0.39 is 0 Å². The Hall–Kier alpha value is -1.88. The second-order valence-electron chi connectivity index (χ2n) is 6.87. The largest absolute Gasteiger partial charge is 0.459 e. The number of anilines is 1. The second kappa shape index (κ2) is 9.75. The molecular formula is C20H27IN6OS. The third-order valence-electron chi connectivity index (χ3n) is 5.18. The highest BCUT2D eigenvalue weighted by Crippen LogP contribution is 2.25. The summed E-state index contributed by atoms with van der Waals surface area (Å²) < 4.78 is 10.4. The minimum absolute atomic E-state index is 0. The molecule has 4 rings (SSSR count). The average molecular weight is 526 g/mol. The van der Waals surface area contributed by atoms with Crippen molar-refractivity contribution in [3.05, 3.63) is 41.4 Å². The number of para-hydroxylation sites is 1. The van der Waals surface area contributed by atoms with Crippen molar-refractivity contribution < 1.29 is 4.42 Å². The number of aromatic nitrogens is 2. The van der Waals surface area contributed by atoms with Crippen LogP contribution in [0.15, 0.2) is 33.7 Å². The van der Waals surface area contributed by atoms with E-state index in [-0.39, 0.29) is 24.0 Å². The van der Waals surface area contributed by atoms with E-state index in [1.54, 1.807) is 0 Å². The molecule has 0 atom stereocenters. The molecule has 29 heavy (non-hydrogen) atoms. The number of hydrogen-bond acceptors (Lipinski definition) is 6. The standard InChI is InChI=1S/C20H26N6OS.HI/c1-4-18-23-20(28-24-18)26-11-9-25(10-12-26)19(21-3)22-13-17-14(2)15-7-5-6-8-16(15)27-17;/h5-8H,4,9-13H2,1-3H3,(H,21,22);1H. The zero-order chi connectivity index (χ0) is 19.5. The van der Waals surface area contributed by atoms with Gasteiger partial charge in [-0.1, -0.05) is 25.1 Å². The van der Waals surface area contributed by atoms with Crippen LogP contribution in [0.1, 0.15) is 24.1 Å². The van der Waals surface area contributed by atoms with Crippen molar-refractivity contribution in [2.45, 2.75) is 26.8 Å². The van der Waals surface area contributed by atoms with Crippen LogP contribution in [0.4, 0.5) is 5.13 Å². The average Bonchev–Trinajstić information content (AvgIpc) is 3.34. The van der Waals surface area contributed by atoms with Gasteiger partial charge in [0.1, 0.15) is 17.2 Å². The van der Waals surface area contributed by atoms with E-state index in [0.29, 0.717) is 6.54 Å². The Balaban J connectivity index is 0.00000240. The zero-order valence-electron chi connectivity index (χ0n) is 17.0. The number of benzene rings is 1. The van der Waals surface area contributed by atoms with Crippen molar-refractivity contribution in [1.29, 1.82) is 0 Å². The number of furan rings is 1. The smallest absolute Gasteiger partial charge is 0.205 e. The predicted octanol–water partition coefficient (Wildman–Crippen LogP) is 3.67. The third-order valence-corrected chi connectivity index (χ3v) is 6.00. The van der Waals surface area contributed by atoms with Gasteiger partial charge in [0, 0.05) is 62.1 Å². The lowest BCUT2D eigenvalue weighted by molar-refractivity contribution is 0.370. The van der Waals surface area contributed by atoms with Crippen molar-refractivity contribution in [2.75, 3.05) is 38.1 Å². The second-order valence-corrected chi connectivity index (χ2v) is 7.60. The summed E-state index contributed by atoms with van der Waals surface area (Å²) in [7, 11) is 1.83. The summed E-state index contributed by atoms with van der Waals surface area (Å²) in [5, 5.41) is 5.66. The van der Waals surface area contributed by atoms with E-state index in [2.05, 4.69) is 49.4 Å². The van der Waals surface area contributed by atoms with Gasteiger partial charge in [0.2, 0.25) is 5.13 Å². The Kier molecular flexibility index (Phi) is 7.33. The van der Waals surface area contributed by atoms with Crippen LogP contribution in [0, 0.1) is 6.92 Å². The number of hydrogen-bond donors (Lipinski definition) is 1. The van der Waals surface area contributed by atoms with Gasteiger partial charge in [0.05, 0.1) is 6.54 Å². The van der Waals surface area contributed by atoms with E-state index in [0.717, 1.165) is 60.9 Å². The van der Waals surface area contributed by atoms with Gasteiger partial charge in [-0.2, -0.15) is 4.37 Å². The van der Waals surface area contributed by atoms with Crippen LogP contribution < -0.4 is 10.2 Å². The Morgan fingerprint density at radius 3 is 2.66 bits per heavy atom. The first-order chi connectivity index (χ1) is 13.7. The molecule has 7 nitrogen and oxygen atoms in total. The molecule has 0 saturated carbocycles. The number of rotatable bonds is 4. The Morgan fingerprint density at radius 2 is 2.00 bits per heavy atom. The molecule has 0 bridgehead atoms. The maximum atomic E-state index is 6.01. The molecule has 3 aromatic rings. The summed E-state index contributed by atoms with van der Waals surface area (Å²) in [4.78, 5) is 13.7. The van der Waals surface area contributed by atoms with Crippen molar-refractivity contribution in [2.24, 2.45) is 4.99 Å². The monoisotopic (exact) mass is 526 g/mol. The summed E-state index contributed by atoms with van der Waals surface area (Å²) in [5.74, 6) is 2.80.